The number of methoxy groups -OCH3 is 1. The van der Waals surface area contributed by atoms with Crippen LogP contribution in [0.15, 0.2) is 0 Å². The van der Waals surface area contributed by atoms with E-state index in [-0.39, 0.29) is 5.94 Å². The summed E-state index contributed by atoms with van der Waals surface area (Å²) < 4.78 is 4.55. The van der Waals surface area contributed by atoms with Crippen molar-refractivity contribution >= 4 is 7.85 Å². The number of nitrogens with two attached hydrogens (primary N) is 1. The first kappa shape index (κ1) is 5.98. The van der Waals surface area contributed by atoms with E-state index in [1.807, 2.05) is 0 Å². The normalized spacial score (nSPS) is 14.3. The molecule has 2 nitrogen and oxygen atoms in total. The molecule has 0 aromatic heterocycles. The summed E-state index contributed by atoms with van der Waals surface area (Å²) in [6, 6.07) is 0. The van der Waals surface area contributed by atoms with Crippen molar-refractivity contribution in [2.45, 2.75) is 5.94 Å². The third kappa shape index (κ3) is 3.98. The van der Waals surface area contributed by atoms with Crippen molar-refractivity contribution in [1.82, 2.24) is 0 Å². The van der Waals surface area contributed by atoms with Gasteiger partial charge >= 0.3 is 0 Å². The number of hydrogen-bond donors (Lipinski definition) is 1. The Labute approximate surface area is 39.1 Å². The number of ether oxygens (including phenoxy) is 1. The molecular formula is C3H8BNO. The third-order valence-corrected chi connectivity index (χ3v) is 0.359. The minimum Gasteiger partial charge on any atom is -0.384 e. The third-order valence-electron chi connectivity index (χ3n) is 0.359. The second kappa shape index (κ2) is 3.19. The van der Waals surface area contributed by atoms with Gasteiger partial charge in [-0.25, -0.2) is 0 Å². The van der Waals surface area contributed by atoms with Crippen LogP contribution in [0.3, 0.4) is 0 Å². The summed E-state index contributed by atoms with van der Waals surface area (Å²) in [6.45, 7) is 0.431. The maximum Gasteiger partial charge on any atom is 0.0934 e. The van der Waals surface area contributed by atoms with Gasteiger partial charge in [0, 0.05) is 7.11 Å². The Morgan fingerprint density at radius 3 is 2.50 bits per heavy atom. The molecule has 0 bridgehead atoms. The van der Waals surface area contributed by atoms with E-state index in [0.717, 1.165) is 0 Å². The molecule has 0 spiro atoms. The summed E-state index contributed by atoms with van der Waals surface area (Å²) >= 11 is 0. The minimum absolute atomic E-state index is 0.324. The van der Waals surface area contributed by atoms with Crippen molar-refractivity contribution in [2.24, 2.45) is 5.73 Å². The van der Waals surface area contributed by atoms with Crippen LogP contribution in [-0.2, 0) is 4.74 Å². The summed E-state index contributed by atoms with van der Waals surface area (Å²) in [7, 11) is 6.62. The minimum atomic E-state index is -0.324. The molecular weight excluding hydrogens is 76.9 g/mol. The lowest BCUT2D eigenvalue weighted by atomic mass is 9.99. The molecule has 0 amide bonds. The van der Waals surface area contributed by atoms with Crippen LogP contribution in [0, 0.1) is 0 Å². The quantitative estimate of drug-likeness (QED) is 0.440. The fourth-order valence-corrected chi connectivity index (χ4v) is 0.192. The Hall–Kier alpha value is -0.0151. The molecule has 6 heavy (non-hydrogen) atoms. The first-order chi connectivity index (χ1) is 2.77. The highest BCUT2D eigenvalue weighted by atomic mass is 16.5. The molecule has 0 aromatic rings. The molecule has 0 saturated carbocycles. The van der Waals surface area contributed by atoms with Gasteiger partial charge in [0.1, 0.15) is 0 Å². The lowest BCUT2D eigenvalue weighted by Gasteiger charge is -1.98. The number of hydrogen-bond acceptors (Lipinski definition) is 2. The fourth-order valence-electron chi connectivity index (χ4n) is 0.192. The van der Waals surface area contributed by atoms with Crippen molar-refractivity contribution in [3.63, 3.8) is 0 Å². The second-order valence-electron chi connectivity index (χ2n) is 1.12. The van der Waals surface area contributed by atoms with E-state index in [0.29, 0.717) is 6.61 Å². The lowest BCUT2D eigenvalue weighted by molar-refractivity contribution is 0.199. The van der Waals surface area contributed by atoms with Gasteiger partial charge < -0.3 is 10.5 Å². The second-order valence-corrected chi connectivity index (χ2v) is 1.12. The van der Waals surface area contributed by atoms with Gasteiger partial charge in [0.15, 0.2) is 0 Å². The predicted octanol–water partition coefficient (Wildman–Crippen LogP) is -0.914. The highest BCUT2D eigenvalue weighted by Crippen LogP contribution is 1.65. The van der Waals surface area contributed by atoms with Gasteiger partial charge in [0.2, 0.25) is 0 Å². The molecule has 0 aliphatic rings. The Morgan fingerprint density at radius 1 is 2.00 bits per heavy atom. The summed E-state index contributed by atoms with van der Waals surface area (Å²) in [6.07, 6.45) is 0. The standard InChI is InChI=1S/C3H8BNO/c1-6-2-3(4)5/h3H,2,5H2,1H3. The van der Waals surface area contributed by atoms with Crippen LogP contribution in [0.5, 0.6) is 0 Å². The monoisotopic (exact) mass is 85.1 g/mol. The first-order valence-electron chi connectivity index (χ1n) is 1.77. The maximum absolute atomic E-state index is 5.06. The highest BCUT2D eigenvalue weighted by Gasteiger charge is 1.85. The first-order valence-corrected chi connectivity index (χ1v) is 1.77. The van der Waals surface area contributed by atoms with E-state index in [1.54, 1.807) is 7.11 Å². The van der Waals surface area contributed by atoms with Crippen LogP contribution in [0.2, 0.25) is 0 Å². The summed E-state index contributed by atoms with van der Waals surface area (Å²) in [5, 5.41) is 0. The average molecular weight is 84.9 g/mol. The molecule has 3 heteroatoms. The molecule has 0 saturated heterocycles. The van der Waals surface area contributed by atoms with Crippen LogP contribution < -0.4 is 5.73 Å². The van der Waals surface area contributed by atoms with Gasteiger partial charge in [-0.05, 0) is 5.94 Å². The van der Waals surface area contributed by atoms with Gasteiger partial charge in [-0.2, -0.15) is 0 Å². The molecule has 1 unspecified atom stereocenters. The van der Waals surface area contributed by atoms with E-state index in [4.69, 9.17) is 13.6 Å². The van der Waals surface area contributed by atoms with Gasteiger partial charge in [-0.1, -0.05) is 0 Å². The molecule has 0 aliphatic heterocycles. The molecule has 2 radical (unpaired) electrons. The zero-order valence-corrected chi connectivity index (χ0v) is 3.85. The molecule has 0 rings (SSSR count). The molecule has 0 aliphatic carbocycles. The zero-order valence-electron chi connectivity index (χ0n) is 3.85. The Kier molecular flexibility index (Phi) is 3.18. The lowest BCUT2D eigenvalue weighted by Crippen LogP contribution is -2.24. The van der Waals surface area contributed by atoms with E-state index in [9.17, 15) is 0 Å². The maximum atomic E-state index is 5.06. The molecule has 1 atom stereocenters. The van der Waals surface area contributed by atoms with Crippen LogP contribution in [0.25, 0.3) is 0 Å². The smallest absolute Gasteiger partial charge is 0.0934 e. The van der Waals surface area contributed by atoms with Crippen molar-refractivity contribution in [2.75, 3.05) is 13.7 Å². The molecule has 0 heterocycles. The molecule has 0 aromatic carbocycles. The topological polar surface area (TPSA) is 35.2 Å². The van der Waals surface area contributed by atoms with Crippen LogP contribution >= 0.6 is 0 Å². The van der Waals surface area contributed by atoms with E-state index in [1.165, 1.54) is 0 Å². The fraction of sp³-hybridized carbons (Fsp3) is 1.00. The number of rotatable bonds is 2. The Bertz CT molecular complexity index is 32.0. The van der Waals surface area contributed by atoms with Gasteiger partial charge in [0.05, 0.1) is 14.5 Å². The largest absolute Gasteiger partial charge is 0.384 e. The zero-order chi connectivity index (χ0) is 4.99. The van der Waals surface area contributed by atoms with E-state index >= 15 is 0 Å². The van der Waals surface area contributed by atoms with Crippen LogP contribution in [0.4, 0.5) is 0 Å². The van der Waals surface area contributed by atoms with Gasteiger partial charge in [-0.3, -0.25) is 0 Å². The van der Waals surface area contributed by atoms with Crippen molar-refractivity contribution < 1.29 is 4.74 Å². The average Bonchev–Trinajstić information content (AvgIpc) is 1.35. The van der Waals surface area contributed by atoms with Crippen LogP contribution in [-0.4, -0.2) is 27.5 Å². The molecule has 2 N–H and O–H groups in total. The van der Waals surface area contributed by atoms with Gasteiger partial charge in [-0.15, -0.1) is 0 Å². The Morgan fingerprint density at radius 2 is 2.50 bits per heavy atom. The van der Waals surface area contributed by atoms with Crippen LogP contribution in [0.1, 0.15) is 0 Å². The van der Waals surface area contributed by atoms with Crippen molar-refractivity contribution in [3.05, 3.63) is 0 Å². The Balaban J connectivity index is 2.63. The van der Waals surface area contributed by atoms with Gasteiger partial charge in [0.25, 0.3) is 0 Å². The molecule has 34 valence electrons. The SMILES string of the molecule is [B]C(N)COC. The summed E-state index contributed by atoms with van der Waals surface area (Å²) in [5.74, 6) is -0.324. The summed E-state index contributed by atoms with van der Waals surface area (Å²) in [4.78, 5) is 0. The predicted molar refractivity (Wildman–Crippen MR) is 25.6 cm³/mol. The highest BCUT2D eigenvalue weighted by molar-refractivity contribution is 6.11. The van der Waals surface area contributed by atoms with Crippen molar-refractivity contribution in [1.29, 1.82) is 0 Å². The van der Waals surface area contributed by atoms with E-state index < -0.39 is 0 Å². The summed E-state index contributed by atoms with van der Waals surface area (Å²) in [5.41, 5.74) is 5.06. The molecule has 0 fully saturated rings. The van der Waals surface area contributed by atoms with Crippen molar-refractivity contribution in [3.8, 4) is 0 Å². The van der Waals surface area contributed by atoms with E-state index in [2.05, 4.69) is 4.74 Å².